The summed E-state index contributed by atoms with van der Waals surface area (Å²) in [7, 11) is 3.09. The first kappa shape index (κ1) is 13.5. The Morgan fingerprint density at radius 3 is 2.58 bits per heavy atom. The quantitative estimate of drug-likeness (QED) is 0.523. The Kier molecular flexibility index (Phi) is 4.12. The molecule has 0 aromatic heterocycles. The van der Waals surface area contributed by atoms with Gasteiger partial charge in [0.2, 0.25) is 0 Å². The molecule has 100 valence electrons. The van der Waals surface area contributed by atoms with Gasteiger partial charge in [0, 0.05) is 17.3 Å². The number of rotatable bonds is 4. The maximum Gasteiger partial charge on any atom is 0.194 e. The smallest absolute Gasteiger partial charge is 0.194 e. The van der Waals surface area contributed by atoms with Gasteiger partial charge in [0.25, 0.3) is 0 Å². The van der Waals surface area contributed by atoms with Crippen LogP contribution in [0.3, 0.4) is 0 Å². The standard InChI is InChI=1S/C14H14ClNO3/c1-18-11-5-3-9(7-12(11)19-2)14(17)10-4-6-13(15)16-8-10/h3-8,13,16H,1-2H3. The van der Waals surface area contributed by atoms with Crippen LogP contribution in [0.15, 0.2) is 42.1 Å². The van der Waals surface area contributed by atoms with E-state index in [2.05, 4.69) is 5.32 Å². The van der Waals surface area contributed by atoms with Crippen LogP contribution in [0.2, 0.25) is 0 Å². The van der Waals surface area contributed by atoms with Gasteiger partial charge in [0.05, 0.1) is 14.2 Å². The van der Waals surface area contributed by atoms with Gasteiger partial charge in [0.15, 0.2) is 17.3 Å². The van der Waals surface area contributed by atoms with E-state index in [1.165, 1.54) is 7.11 Å². The van der Waals surface area contributed by atoms with E-state index in [9.17, 15) is 4.79 Å². The number of benzene rings is 1. The predicted molar refractivity (Wildman–Crippen MR) is 73.9 cm³/mol. The van der Waals surface area contributed by atoms with Crippen LogP contribution in [0.4, 0.5) is 0 Å². The predicted octanol–water partition coefficient (Wildman–Crippen LogP) is 2.49. The van der Waals surface area contributed by atoms with Crippen molar-refractivity contribution in [2.75, 3.05) is 14.2 Å². The molecule has 1 aromatic carbocycles. The van der Waals surface area contributed by atoms with Crippen LogP contribution in [-0.4, -0.2) is 25.5 Å². The van der Waals surface area contributed by atoms with Crippen molar-refractivity contribution in [3.8, 4) is 11.5 Å². The van der Waals surface area contributed by atoms with E-state index in [0.29, 0.717) is 22.6 Å². The fraction of sp³-hybridized carbons (Fsp3) is 0.214. The van der Waals surface area contributed by atoms with Crippen molar-refractivity contribution in [2.24, 2.45) is 0 Å². The average Bonchev–Trinajstić information content (AvgIpc) is 2.46. The van der Waals surface area contributed by atoms with Crippen molar-refractivity contribution in [3.63, 3.8) is 0 Å². The molecule has 19 heavy (non-hydrogen) atoms. The second-order valence-electron chi connectivity index (χ2n) is 3.93. The molecule has 0 spiro atoms. The first-order valence-corrected chi connectivity index (χ1v) is 6.14. The molecule has 0 saturated heterocycles. The Hall–Kier alpha value is -1.94. The lowest BCUT2D eigenvalue weighted by atomic mass is 10.0. The van der Waals surface area contributed by atoms with Gasteiger partial charge in [-0.25, -0.2) is 0 Å². The van der Waals surface area contributed by atoms with Gasteiger partial charge in [0.1, 0.15) is 5.50 Å². The van der Waals surface area contributed by atoms with Gasteiger partial charge in [-0.2, -0.15) is 0 Å². The number of methoxy groups -OCH3 is 2. The number of halogens is 1. The molecule has 1 atom stereocenters. The van der Waals surface area contributed by atoms with Gasteiger partial charge < -0.3 is 14.8 Å². The number of ether oxygens (including phenoxy) is 2. The molecule has 5 heteroatoms. The highest BCUT2D eigenvalue weighted by atomic mass is 35.5. The summed E-state index contributed by atoms with van der Waals surface area (Å²) in [6.45, 7) is 0. The zero-order chi connectivity index (χ0) is 13.8. The normalized spacial score (nSPS) is 17.4. The van der Waals surface area contributed by atoms with Crippen molar-refractivity contribution >= 4 is 17.4 Å². The van der Waals surface area contributed by atoms with E-state index in [0.717, 1.165) is 0 Å². The lowest BCUT2D eigenvalue weighted by Crippen LogP contribution is -2.20. The van der Waals surface area contributed by atoms with Crippen LogP contribution >= 0.6 is 11.6 Å². The summed E-state index contributed by atoms with van der Waals surface area (Å²) in [5.74, 6) is 1.01. The minimum Gasteiger partial charge on any atom is -0.493 e. The van der Waals surface area contributed by atoms with Gasteiger partial charge in [-0.15, -0.1) is 0 Å². The number of carbonyl (C=O) groups is 1. The van der Waals surface area contributed by atoms with Crippen molar-refractivity contribution in [1.29, 1.82) is 0 Å². The Bertz CT molecular complexity index is 552. The molecule has 0 radical (unpaired) electrons. The summed E-state index contributed by atoms with van der Waals surface area (Å²) in [5, 5.41) is 2.87. The molecule has 0 fully saturated rings. The minimum absolute atomic E-state index is 0.103. The Morgan fingerprint density at radius 1 is 1.26 bits per heavy atom. The second kappa shape index (κ2) is 5.80. The molecule has 0 bridgehead atoms. The number of Topliss-reactive ketones (excluding diaryl/α,β-unsaturated/α-hetero) is 1. The highest BCUT2D eigenvalue weighted by Crippen LogP contribution is 2.28. The molecule has 1 N–H and O–H groups in total. The number of dihydropyridines is 1. The molecule has 1 aliphatic heterocycles. The van der Waals surface area contributed by atoms with Crippen LogP contribution in [0, 0.1) is 0 Å². The maximum absolute atomic E-state index is 12.3. The largest absolute Gasteiger partial charge is 0.493 e. The molecule has 1 aromatic rings. The Balaban J connectivity index is 2.27. The van der Waals surface area contributed by atoms with Crippen molar-refractivity contribution < 1.29 is 14.3 Å². The van der Waals surface area contributed by atoms with E-state index in [-0.39, 0.29) is 11.3 Å². The van der Waals surface area contributed by atoms with Crippen LogP contribution in [0.25, 0.3) is 0 Å². The third-order valence-electron chi connectivity index (χ3n) is 2.75. The lowest BCUT2D eigenvalue weighted by molar-refractivity contribution is 0.103. The zero-order valence-electron chi connectivity index (χ0n) is 10.6. The Morgan fingerprint density at radius 2 is 2.00 bits per heavy atom. The fourth-order valence-corrected chi connectivity index (χ4v) is 1.88. The van der Waals surface area contributed by atoms with E-state index in [1.807, 2.05) is 0 Å². The molecule has 0 amide bonds. The first-order chi connectivity index (χ1) is 9.15. The first-order valence-electron chi connectivity index (χ1n) is 5.71. The van der Waals surface area contributed by atoms with E-state index in [4.69, 9.17) is 21.1 Å². The van der Waals surface area contributed by atoms with Gasteiger partial charge >= 0.3 is 0 Å². The summed E-state index contributed by atoms with van der Waals surface area (Å²) in [5.41, 5.74) is 0.800. The van der Waals surface area contributed by atoms with Crippen LogP contribution in [0.1, 0.15) is 10.4 Å². The van der Waals surface area contributed by atoms with Gasteiger partial charge in [-0.1, -0.05) is 17.7 Å². The molecule has 2 rings (SSSR count). The third-order valence-corrected chi connectivity index (χ3v) is 3.02. The third kappa shape index (κ3) is 2.90. The van der Waals surface area contributed by atoms with Crippen molar-refractivity contribution in [2.45, 2.75) is 5.50 Å². The number of alkyl halides is 1. The number of nitrogens with one attached hydrogen (secondary N) is 1. The van der Waals surface area contributed by atoms with E-state index in [1.54, 1.807) is 43.7 Å². The van der Waals surface area contributed by atoms with E-state index < -0.39 is 0 Å². The number of hydrogen-bond acceptors (Lipinski definition) is 4. The summed E-state index contributed by atoms with van der Waals surface area (Å²) in [4.78, 5) is 12.3. The van der Waals surface area contributed by atoms with Crippen LogP contribution in [0.5, 0.6) is 11.5 Å². The van der Waals surface area contributed by atoms with Gasteiger partial charge in [-0.3, -0.25) is 4.79 Å². The highest BCUT2D eigenvalue weighted by Gasteiger charge is 2.15. The molecule has 1 unspecified atom stereocenters. The molecular formula is C14H14ClNO3. The fourth-order valence-electron chi connectivity index (χ4n) is 1.75. The second-order valence-corrected chi connectivity index (χ2v) is 4.40. The summed E-state index contributed by atoms with van der Waals surface area (Å²) < 4.78 is 10.3. The average molecular weight is 280 g/mol. The summed E-state index contributed by atoms with van der Waals surface area (Å²) in [6, 6.07) is 5.06. The topological polar surface area (TPSA) is 47.6 Å². The maximum atomic E-state index is 12.3. The van der Waals surface area contributed by atoms with Crippen LogP contribution in [-0.2, 0) is 0 Å². The Labute approximate surface area is 116 Å². The number of allylic oxidation sites excluding steroid dienone is 2. The highest BCUT2D eigenvalue weighted by molar-refractivity contribution is 6.22. The van der Waals surface area contributed by atoms with E-state index >= 15 is 0 Å². The number of carbonyl (C=O) groups excluding carboxylic acids is 1. The molecule has 0 aliphatic carbocycles. The summed E-state index contributed by atoms with van der Waals surface area (Å²) >= 11 is 5.83. The molecule has 0 saturated carbocycles. The number of ketones is 1. The van der Waals surface area contributed by atoms with Crippen LogP contribution < -0.4 is 14.8 Å². The molecule has 1 heterocycles. The monoisotopic (exact) mass is 279 g/mol. The lowest BCUT2D eigenvalue weighted by Gasteiger charge is -2.13. The molecule has 1 aliphatic rings. The minimum atomic E-state index is -0.276. The number of hydrogen-bond donors (Lipinski definition) is 1. The van der Waals surface area contributed by atoms with Crippen molar-refractivity contribution in [3.05, 3.63) is 47.7 Å². The van der Waals surface area contributed by atoms with Crippen molar-refractivity contribution in [1.82, 2.24) is 5.32 Å². The summed E-state index contributed by atoms with van der Waals surface area (Å²) in [6.07, 6.45) is 5.03. The molecule has 4 nitrogen and oxygen atoms in total. The van der Waals surface area contributed by atoms with Gasteiger partial charge in [-0.05, 0) is 24.3 Å². The molecular weight excluding hydrogens is 266 g/mol. The zero-order valence-corrected chi connectivity index (χ0v) is 11.4. The SMILES string of the molecule is COc1ccc(C(=O)C2=CNC(Cl)C=C2)cc1OC.